The van der Waals surface area contributed by atoms with E-state index in [0.29, 0.717) is 37.9 Å². The van der Waals surface area contributed by atoms with E-state index in [9.17, 15) is 9.59 Å². The van der Waals surface area contributed by atoms with E-state index < -0.39 is 0 Å². The van der Waals surface area contributed by atoms with Gasteiger partial charge in [-0.15, -0.1) is 0 Å². The van der Waals surface area contributed by atoms with Crippen molar-refractivity contribution < 1.29 is 9.59 Å². The number of thioether (sulfide) groups is 1. The van der Waals surface area contributed by atoms with Crippen molar-refractivity contribution in [1.82, 2.24) is 4.90 Å². The molecule has 3 rings (SSSR count). The minimum absolute atomic E-state index is 0.123. The number of thiocarbonyl (C=S) groups is 1. The first kappa shape index (κ1) is 21.8. The maximum absolute atomic E-state index is 12.6. The molecule has 0 spiro atoms. The summed E-state index contributed by atoms with van der Waals surface area (Å²) in [6, 6.07) is 12.8. The zero-order valence-electron chi connectivity index (χ0n) is 15.6. The largest absolute Gasteiger partial charge is 0.325 e. The number of carbonyl (C=O) groups is 2. The smallest absolute Gasteiger partial charge is 0.266 e. The number of aryl methyl sites for hydroxylation is 1. The molecule has 1 heterocycles. The van der Waals surface area contributed by atoms with Gasteiger partial charge in [0.1, 0.15) is 4.32 Å². The van der Waals surface area contributed by atoms with Crippen molar-refractivity contribution >= 4 is 75.1 Å². The van der Waals surface area contributed by atoms with Gasteiger partial charge >= 0.3 is 0 Å². The molecule has 1 saturated heterocycles. The lowest BCUT2D eigenvalue weighted by atomic mass is 10.1. The molecule has 2 aromatic rings. The van der Waals surface area contributed by atoms with E-state index in [0.717, 1.165) is 11.1 Å². The van der Waals surface area contributed by atoms with E-state index in [4.69, 9.17) is 35.4 Å². The van der Waals surface area contributed by atoms with E-state index in [1.807, 2.05) is 37.3 Å². The summed E-state index contributed by atoms with van der Waals surface area (Å²) in [6.07, 6.45) is 2.57. The number of amides is 2. The predicted octanol–water partition coefficient (Wildman–Crippen LogP) is 5.92. The van der Waals surface area contributed by atoms with Gasteiger partial charge in [0.25, 0.3) is 5.91 Å². The van der Waals surface area contributed by atoms with Crippen molar-refractivity contribution in [2.75, 3.05) is 11.9 Å². The molecule has 1 N–H and O–H groups in total. The molecule has 0 aliphatic carbocycles. The van der Waals surface area contributed by atoms with Crippen LogP contribution in [0.15, 0.2) is 47.4 Å². The molecule has 29 heavy (non-hydrogen) atoms. The van der Waals surface area contributed by atoms with Crippen molar-refractivity contribution in [3.8, 4) is 0 Å². The summed E-state index contributed by atoms with van der Waals surface area (Å²) in [7, 11) is 0. The molecular weight excluding hydrogens is 447 g/mol. The highest BCUT2D eigenvalue weighted by Gasteiger charge is 2.31. The third-order valence-corrected chi connectivity index (χ3v) is 6.17. The van der Waals surface area contributed by atoms with Gasteiger partial charge in [0.05, 0.1) is 15.6 Å². The number of benzene rings is 2. The molecule has 4 nitrogen and oxygen atoms in total. The quantitative estimate of drug-likeness (QED) is 0.425. The number of carbonyl (C=O) groups excluding carboxylic acids is 2. The lowest BCUT2D eigenvalue weighted by Crippen LogP contribution is -2.29. The fraction of sp³-hybridized carbons (Fsp3) is 0.190. The van der Waals surface area contributed by atoms with Crippen molar-refractivity contribution in [2.24, 2.45) is 0 Å². The highest BCUT2D eigenvalue weighted by molar-refractivity contribution is 8.26. The molecule has 2 aromatic carbocycles. The number of rotatable bonds is 6. The van der Waals surface area contributed by atoms with Gasteiger partial charge in [-0.1, -0.05) is 77.0 Å². The highest BCUT2D eigenvalue weighted by atomic mass is 35.5. The topological polar surface area (TPSA) is 49.4 Å². The summed E-state index contributed by atoms with van der Waals surface area (Å²) in [5, 5.41) is 3.63. The fourth-order valence-electron chi connectivity index (χ4n) is 2.71. The summed E-state index contributed by atoms with van der Waals surface area (Å²) >= 11 is 18.5. The average Bonchev–Trinajstić information content (AvgIpc) is 2.93. The average molecular weight is 465 g/mol. The first-order chi connectivity index (χ1) is 13.8. The second-order valence-corrected chi connectivity index (χ2v) is 9.04. The van der Waals surface area contributed by atoms with Gasteiger partial charge in [-0.05, 0) is 43.2 Å². The maximum Gasteiger partial charge on any atom is 0.266 e. The number of hydrogen-bond acceptors (Lipinski definition) is 4. The molecule has 8 heteroatoms. The molecule has 0 aromatic heterocycles. The summed E-state index contributed by atoms with van der Waals surface area (Å²) in [4.78, 5) is 27.0. The Labute approximate surface area is 189 Å². The molecule has 1 aliphatic heterocycles. The Bertz CT molecular complexity index is 991. The first-order valence-corrected chi connectivity index (χ1v) is 10.9. The first-order valence-electron chi connectivity index (χ1n) is 8.90. The standard InChI is InChI=1S/C21H18Cl2N2O2S2/c1-13-4-6-14(7-5-13)11-18-20(27)25(21(28)29-18)10-2-3-19(26)24-17-9-8-15(22)12-16(17)23/h4-9,11-12H,2-3,10H2,1H3,(H,24,26). The molecule has 1 aliphatic rings. The summed E-state index contributed by atoms with van der Waals surface area (Å²) < 4.78 is 0.509. The van der Waals surface area contributed by atoms with Crippen molar-refractivity contribution in [1.29, 1.82) is 0 Å². The van der Waals surface area contributed by atoms with Crippen LogP contribution in [0.1, 0.15) is 24.0 Å². The Morgan fingerprint density at radius 1 is 1.21 bits per heavy atom. The van der Waals surface area contributed by atoms with E-state index in [1.165, 1.54) is 11.8 Å². The lowest BCUT2D eigenvalue weighted by Gasteiger charge is -2.14. The highest BCUT2D eigenvalue weighted by Crippen LogP contribution is 2.33. The van der Waals surface area contributed by atoms with E-state index in [1.54, 1.807) is 23.1 Å². The third-order valence-electron chi connectivity index (χ3n) is 4.24. The fourth-order valence-corrected chi connectivity index (χ4v) is 4.47. The van der Waals surface area contributed by atoms with Gasteiger partial charge in [0.2, 0.25) is 5.91 Å². The summed E-state index contributed by atoms with van der Waals surface area (Å²) in [6.45, 7) is 2.40. The van der Waals surface area contributed by atoms with Gasteiger partial charge in [0.15, 0.2) is 0 Å². The second-order valence-electron chi connectivity index (χ2n) is 6.52. The molecule has 0 unspecified atom stereocenters. The van der Waals surface area contributed by atoms with Crippen LogP contribution < -0.4 is 5.32 Å². The van der Waals surface area contributed by atoms with Crippen LogP contribution in [0.5, 0.6) is 0 Å². The van der Waals surface area contributed by atoms with Gasteiger partial charge in [-0.25, -0.2) is 0 Å². The van der Waals surface area contributed by atoms with Gasteiger partial charge in [-0.2, -0.15) is 0 Å². The summed E-state index contributed by atoms with van der Waals surface area (Å²) in [5.74, 6) is -0.309. The van der Waals surface area contributed by atoms with Crippen molar-refractivity contribution in [2.45, 2.75) is 19.8 Å². The zero-order valence-corrected chi connectivity index (χ0v) is 18.7. The second kappa shape index (κ2) is 9.76. The monoisotopic (exact) mass is 464 g/mol. The molecule has 0 radical (unpaired) electrons. The van der Waals surface area contributed by atoms with E-state index in [-0.39, 0.29) is 18.2 Å². The van der Waals surface area contributed by atoms with Crippen LogP contribution in [0.3, 0.4) is 0 Å². The third kappa shape index (κ3) is 5.82. The number of anilines is 1. The number of hydrogen-bond donors (Lipinski definition) is 1. The van der Waals surface area contributed by atoms with Gasteiger partial charge in [-0.3, -0.25) is 14.5 Å². The zero-order chi connectivity index (χ0) is 21.0. The van der Waals surface area contributed by atoms with Crippen LogP contribution >= 0.6 is 47.2 Å². The van der Waals surface area contributed by atoms with Crippen molar-refractivity contribution in [3.63, 3.8) is 0 Å². The van der Waals surface area contributed by atoms with Crippen LogP contribution in [-0.2, 0) is 9.59 Å². The SMILES string of the molecule is Cc1ccc(C=C2SC(=S)N(CCCC(=O)Nc3ccc(Cl)cc3Cl)C2=O)cc1. The Kier molecular flexibility index (Phi) is 7.35. The summed E-state index contributed by atoms with van der Waals surface area (Å²) in [5.41, 5.74) is 2.62. The van der Waals surface area contributed by atoms with Crippen molar-refractivity contribution in [3.05, 3.63) is 68.5 Å². The normalized spacial score (nSPS) is 15.3. The number of halogens is 2. The van der Waals surface area contributed by atoms with Gasteiger partial charge < -0.3 is 5.32 Å². The molecule has 2 amide bonds. The maximum atomic E-state index is 12.6. The lowest BCUT2D eigenvalue weighted by molar-refractivity contribution is -0.122. The minimum Gasteiger partial charge on any atom is -0.325 e. The Balaban J connectivity index is 1.54. The minimum atomic E-state index is -0.185. The molecule has 0 atom stereocenters. The van der Waals surface area contributed by atoms with Crippen LogP contribution in [0.4, 0.5) is 5.69 Å². The molecule has 0 saturated carbocycles. The van der Waals surface area contributed by atoms with Gasteiger partial charge in [0, 0.05) is 18.0 Å². The Hall–Kier alpha value is -1.86. The molecular formula is C21H18Cl2N2O2S2. The number of nitrogens with one attached hydrogen (secondary N) is 1. The van der Waals surface area contributed by atoms with Crippen LogP contribution in [0.2, 0.25) is 10.0 Å². The van der Waals surface area contributed by atoms with Crippen LogP contribution in [0, 0.1) is 6.92 Å². The Morgan fingerprint density at radius 2 is 1.93 bits per heavy atom. The van der Waals surface area contributed by atoms with E-state index in [2.05, 4.69) is 5.32 Å². The Morgan fingerprint density at radius 3 is 2.62 bits per heavy atom. The van der Waals surface area contributed by atoms with Crippen LogP contribution in [0.25, 0.3) is 6.08 Å². The molecule has 150 valence electrons. The predicted molar refractivity (Wildman–Crippen MR) is 125 cm³/mol. The van der Waals surface area contributed by atoms with Crippen LogP contribution in [-0.4, -0.2) is 27.6 Å². The molecule has 0 bridgehead atoms. The van der Waals surface area contributed by atoms with E-state index >= 15 is 0 Å². The number of nitrogens with zero attached hydrogens (tertiary/aromatic N) is 1. The molecule has 1 fully saturated rings.